The molecule has 4 saturated carbocycles. The van der Waals surface area contributed by atoms with Gasteiger partial charge in [-0.3, -0.25) is 34.0 Å². The Morgan fingerprint density at radius 3 is 1.08 bits per heavy atom. The van der Waals surface area contributed by atoms with Gasteiger partial charge in [0.2, 0.25) is 0 Å². The van der Waals surface area contributed by atoms with Crippen LogP contribution in [0.5, 0.6) is 0 Å². The van der Waals surface area contributed by atoms with Crippen molar-refractivity contribution in [2.45, 2.75) is 184 Å². The van der Waals surface area contributed by atoms with Crippen LogP contribution in [0.1, 0.15) is 207 Å². The molecule has 1 aliphatic heterocycles. The predicted molar refractivity (Wildman–Crippen MR) is 530 cm³/mol. The second-order valence-electron chi connectivity index (χ2n) is 35.3. The maximum Gasteiger partial charge on any atom is 0.438 e. The molecule has 4 aliphatic carbocycles. The van der Waals surface area contributed by atoms with E-state index in [-0.39, 0.29) is 67.2 Å². The molecule has 5 aromatic carbocycles. The van der Waals surface area contributed by atoms with E-state index in [2.05, 4.69) is 166 Å². The molecule has 5 fully saturated rings. The zero-order valence-corrected chi connectivity index (χ0v) is 83.9. The number of nitrogens with one attached hydrogen (secondary N) is 2. The highest BCUT2D eigenvalue weighted by molar-refractivity contribution is 9.10. The summed E-state index contributed by atoms with van der Waals surface area (Å²) in [5, 5.41) is 50.7. The summed E-state index contributed by atoms with van der Waals surface area (Å²) in [5.41, 5.74) is 16.6. The fourth-order valence-electron chi connectivity index (χ4n) is 19.3. The highest BCUT2D eigenvalue weighted by atomic mass is 79.9. The molecule has 1 unspecified atom stereocenters. The molecule has 11 heterocycles. The number of aromatic carboxylic acids is 1. The first kappa shape index (κ1) is 100. The smallest absolute Gasteiger partial charge is 0.438 e. The van der Waals surface area contributed by atoms with Crippen LogP contribution in [0.15, 0.2) is 186 Å². The summed E-state index contributed by atoms with van der Waals surface area (Å²) in [5.74, 6) is -2.41. The summed E-state index contributed by atoms with van der Waals surface area (Å²) < 4.78 is 70.3. The summed E-state index contributed by atoms with van der Waals surface area (Å²) in [6.45, 7) is 30.9. The zero-order valence-electron chi connectivity index (χ0n) is 80.0. The Hall–Kier alpha value is -14.2. The van der Waals surface area contributed by atoms with Crippen molar-refractivity contribution in [3.63, 3.8) is 0 Å². The van der Waals surface area contributed by atoms with Crippen molar-refractivity contribution >= 4 is 127 Å². The number of carboxylic acids is 1. The largest absolute Gasteiger partial charge is 0.477 e. The Labute approximate surface area is 822 Å². The number of rotatable bonds is 22. The van der Waals surface area contributed by atoms with Gasteiger partial charge in [0.05, 0.1) is 62.3 Å². The number of aryl methyl sites for hydroxylation is 3. The molecule has 15 aromatic rings. The van der Waals surface area contributed by atoms with Gasteiger partial charge in [0.15, 0.2) is 11.6 Å². The van der Waals surface area contributed by atoms with Crippen LogP contribution in [0.2, 0.25) is 0 Å². The number of nitriles is 3. The first-order valence-electron chi connectivity index (χ1n) is 46.3. The quantitative estimate of drug-likeness (QED) is 0.0419. The van der Waals surface area contributed by atoms with Crippen molar-refractivity contribution in [1.29, 1.82) is 15.8 Å². The molecule has 0 amide bonds. The Bertz CT molecular complexity index is 7790. The van der Waals surface area contributed by atoms with Crippen molar-refractivity contribution in [3.8, 4) is 51.6 Å². The molecule has 36 heteroatoms. The van der Waals surface area contributed by atoms with Crippen LogP contribution in [0.3, 0.4) is 0 Å². The van der Waals surface area contributed by atoms with Crippen molar-refractivity contribution in [1.82, 2.24) is 58.1 Å². The van der Waals surface area contributed by atoms with Crippen LogP contribution in [0.4, 0.5) is 0 Å². The minimum atomic E-state index is -3.60. The average molecular weight is 2040 g/mol. The number of carboxylic acid groups (broad SMARTS) is 1. The van der Waals surface area contributed by atoms with Gasteiger partial charge >= 0.3 is 51.8 Å². The fraction of sp³-hybridized carbons (Fsp3) is 0.356. The van der Waals surface area contributed by atoms with Crippen LogP contribution in [0, 0.1) is 78.4 Å². The lowest BCUT2D eigenvalue weighted by atomic mass is 9.98. The summed E-state index contributed by atoms with van der Waals surface area (Å²) in [7, 11) is -3.60. The van der Waals surface area contributed by atoms with Crippen LogP contribution in [-0.2, 0) is 85.7 Å². The number of aromatic amines is 2. The number of benzene rings is 5. The second kappa shape index (κ2) is 40.7. The summed E-state index contributed by atoms with van der Waals surface area (Å²) >= 11 is 6.82. The fourth-order valence-corrected chi connectivity index (χ4v) is 20.9. The number of fused-ring (bicyclic) bond motifs is 5. The first-order valence-corrected chi connectivity index (χ1v) is 49.2. The van der Waals surface area contributed by atoms with Crippen LogP contribution >= 0.6 is 31.9 Å². The Kier molecular flexibility index (Phi) is 29.1. The van der Waals surface area contributed by atoms with Crippen molar-refractivity contribution in [2.24, 2.45) is 23.7 Å². The van der Waals surface area contributed by atoms with E-state index in [9.17, 15) is 57.6 Å². The SMILES string of the molecule is CC1COS(=O)(=O)O1.CCOC(=O)c1cc2cc(-c3ccnc(CC)c3C)ccc2n1[C@@]1(C#N)C[C@H]1C.CCOC(=O)c1cc2cc(-c3ccnc(CC)c3C)ccc2n1[C@@]1(c2noc(=O)[nH]2)C[C@H]1C.CCOC(=O)c1cc2cc(Br)ccc2n1CC#N.CCOC(=O)c1cc2cc(Br)ccc2n1[C@@]1(C#N)C[C@H]1C.CCc1nccc(-c2ccc3c(c2)cc(C(=O)O)n3[C@@]2(c3noc(=O)[nH]3)C[C@H]2C)c1C. The Morgan fingerprint density at radius 2 is 0.779 bits per heavy atom. The molecule has 1 saturated heterocycles. The topological polar surface area (TPSA) is 448 Å². The van der Waals surface area contributed by atoms with Crippen molar-refractivity contribution < 1.29 is 73.9 Å². The average Bonchev–Trinajstić information content (AvgIpc) is 1.56. The number of aromatic nitrogens is 12. The number of H-pyrrole nitrogens is 2. The monoisotopic (exact) mass is 2040 g/mol. The van der Waals surface area contributed by atoms with E-state index < -0.39 is 62.0 Å². The van der Waals surface area contributed by atoms with E-state index >= 15 is 0 Å². The molecule has 3 N–H and O–H groups in total. The molecule has 20 rings (SSSR count). The third-order valence-electron chi connectivity index (χ3n) is 26.8. The summed E-state index contributed by atoms with van der Waals surface area (Å²) in [4.78, 5) is 104. The molecule has 9 atom stereocenters. The van der Waals surface area contributed by atoms with Crippen LogP contribution < -0.4 is 11.5 Å². The molecule has 10 aromatic heterocycles. The zero-order chi connectivity index (χ0) is 101. The molecule has 724 valence electrons. The van der Waals surface area contributed by atoms with Gasteiger partial charge < -0.3 is 46.9 Å². The molecule has 5 aliphatic rings. The maximum atomic E-state index is 13.0. The van der Waals surface area contributed by atoms with Crippen LogP contribution in [-0.4, -0.2) is 141 Å². The van der Waals surface area contributed by atoms with Gasteiger partial charge in [-0.15, -0.1) is 0 Å². The summed E-state index contributed by atoms with van der Waals surface area (Å²) in [6.07, 6.45) is 10.6. The van der Waals surface area contributed by atoms with E-state index in [1.165, 1.54) is 5.56 Å². The first-order chi connectivity index (χ1) is 67.0. The van der Waals surface area contributed by atoms with Crippen molar-refractivity contribution in [2.75, 3.05) is 33.0 Å². The van der Waals surface area contributed by atoms with E-state index in [0.717, 1.165) is 164 Å². The Balaban J connectivity index is 0.000000131. The lowest BCUT2D eigenvalue weighted by molar-refractivity contribution is 0.0502. The third-order valence-corrected chi connectivity index (χ3v) is 28.8. The molecule has 0 spiro atoms. The minimum Gasteiger partial charge on any atom is -0.477 e. The standard InChI is InChI=1S/C25H26N4O4.C24H25N3O2.C23H22N4O4.C16H15BrN2O2.C13H11BrN2O2.C3H6O4S/c1-5-19-15(4)18(9-10-26-19)16-7-8-20-17(11-16)12-21(22(30)32-6-2)29(20)25(13-14(25)3)23-27-24(31)33-28-23;1-5-20-16(4)19(9-10-26-20)17-7-8-21-18(11-17)12-22(23(28)29-6-2)27(21)24(14-25)13-15(24)3;1-4-17-13(3)16(7-8-24-17)14-5-6-18-15(9-14)10-19(20(28)29)27(18)23(11-12(23)2)21-25-22(30)31-26-21;1-3-21-15(20)14-7-11-6-12(17)4-5-13(11)19(14)16(9-18)8-10(16)2;1-2-18-13(17)12-8-9-7-10(14)3-4-11(9)16(12)6-5-15;1-3-2-6-8(4,5)7-3/h7-12,14H,5-6,13H2,1-4H3,(H,27,28,31);7-12,15H,5-6,13H2,1-4H3;5-10,12H,4,11H2,1-3H3,(H,28,29)(H,25,26,30);4-7,10H,3,8H2,1-2H3;3-4,7-8H,2,6H2,1H3;3H,2H2,1H3/t14-,25+;15-,24-;12-,23+;10-,16-;;/m1111../s1. The lowest BCUT2D eigenvalue weighted by Crippen LogP contribution is -2.27. The number of esters is 4. The summed E-state index contributed by atoms with van der Waals surface area (Å²) in [6, 6.07) is 51.6. The molecule has 0 bridgehead atoms. The number of hydrogen-bond donors (Lipinski definition) is 3. The number of ether oxygens (including phenoxy) is 4. The van der Waals surface area contributed by atoms with E-state index in [1.54, 1.807) is 62.1 Å². The van der Waals surface area contributed by atoms with Gasteiger partial charge in [0, 0.05) is 88.1 Å². The predicted octanol–water partition coefficient (Wildman–Crippen LogP) is 19.6. The molecule has 0 radical (unpaired) electrons. The van der Waals surface area contributed by atoms with E-state index in [4.69, 9.17) is 33.3 Å². The van der Waals surface area contributed by atoms with Gasteiger partial charge in [-0.1, -0.05) is 109 Å². The second-order valence-corrected chi connectivity index (χ2v) is 38.4. The maximum absolute atomic E-state index is 13.0. The third kappa shape index (κ3) is 19.1. The van der Waals surface area contributed by atoms with Gasteiger partial charge in [0.1, 0.15) is 63.3 Å². The number of hydrogen-bond acceptors (Lipinski definition) is 25. The molecular formula is C104H105Br2N15O18S. The van der Waals surface area contributed by atoms with Gasteiger partial charge in [-0.05, 0) is 295 Å². The van der Waals surface area contributed by atoms with Crippen LogP contribution in [0.25, 0.3) is 87.9 Å². The number of carbonyl (C=O) groups excluding carboxylic acids is 4. The number of pyridine rings is 3. The van der Waals surface area contributed by atoms with Gasteiger partial charge in [-0.25, -0.2) is 41.9 Å². The highest BCUT2D eigenvalue weighted by Gasteiger charge is 2.61. The normalized spacial score (nSPS) is 20.3. The minimum absolute atomic E-state index is 0.0937. The molecular weight excluding hydrogens is 1940 g/mol. The Morgan fingerprint density at radius 1 is 0.457 bits per heavy atom. The molecule has 140 heavy (non-hydrogen) atoms. The number of carbonyl (C=O) groups is 5. The van der Waals surface area contributed by atoms with E-state index in [1.807, 2.05) is 150 Å². The van der Waals surface area contributed by atoms with Gasteiger partial charge in [-0.2, -0.15) is 24.2 Å². The molecule has 33 nitrogen and oxygen atoms in total. The van der Waals surface area contributed by atoms with Crippen molar-refractivity contribution in [3.05, 3.63) is 262 Å². The number of halogens is 2. The van der Waals surface area contributed by atoms with Gasteiger partial charge in [0.25, 0.3) is 0 Å². The highest BCUT2D eigenvalue weighted by Crippen LogP contribution is 2.59. The van der Waals surface area contributed by atoms with E-state index in [0.29, 0.717) is 60.7 Å². The number of nitrogens with zero attached hydrogens (tertiary/aromatic N) is 13. The lowest BCUT2D eigenvalue weighted by Gasteiger charge is -2.20.